The molecule has 1 N–H and O–H groups in total. The van der Waals surface area contributed by atoms with Gasteiger partial charge in [0.15, 0.2) is 5.82 Å². The molecule has 0 amide bonds. The van der Waals surface area contributed by atoms with Crippen LogP contribution in [0.5, 0.6) is 0 Å². The van der Waals surface area contributed by atoms with Gasteiger partial charge in [-0.2, -0.15) is 0 Å². The van der Waals surface area contributed by atoms with Crippen LogP contribution in [-0.2, 0) is 31.0 Å². The van der Waals surface area contributed by atoms with Crippen LogP contribution in [0.2, 0.25) is 0 Å². The molecular formula is C21H27N3O5. The fourth-order valence-electron chi connectivity index (χ4n) is 2.87. The Morgan fingerprint density at radius 1 is 1.14 bits per heavy atom. The topological polar surface area (TPSA) is 99.5 Å². The minimum Gasteiger partial charge on any atom is -0.465 e. The van der Waals surface area contributed by atoms with E-state index >= 15 is 0 Å². The number of aryl methyl sites for hydroxylation is 1. The van der Waals surface area contributed by atoms with Crippen molar-refractivity contribution in [3.05, 3.63) is 58.1 Å². The number of esters is 2. The Labute approximate surface area is 169 Å². The van der Waals surface area contributed by atoms with Crippen LogP contribution in [0.3, 0.4) is 0 Å². The molecule has 8 nitrogen and oxygen atoms in total. The molecule has 1 aromatic carbocycles. The number of benzene rings is 1. The van der Waals surface area contributed by atoms with Crippen molar-refractivity contribution >= 4 is 17.8 Å². The lowest BCUT2D eigenvalue weighted by atomic mass is 9.82. The summed E-state index contributed by atoms with van der Waals surface area (Å²) >= 11 is 0. The van der Waals surface area contributed by atoms with E-state index in [1.54, 1.807) is 27.7 Å². The molecule has 2 aromatic rings. The second-order valence-electron chi connectivity index (χ2n) is 6.72. The summed E-state index contributed by atoms with van der Waals surface area (Å²) in [4.78, 5) is 41.4. The molecule has 0 saturated carbocycles. The average Bonchev–Trinajstić information content (AvgIpc) is 2.71. The summed E-state index contributed by atoms with van der Waals surface area (Å²) in [5.41, 5.74) is -0.200. The van der Waals surface area contributed by atoms with Crippen LogP contribution in [0.15, 0.2) is 41.3 Å². The van der Waals surface area contributed by atoms with Gasteiger partial charge in [0.1, 0.15) is 12.0 Å². The quantitative estimate of drug-likeness (QED) is 0.642. The van der Waals surface area contributed by atoms with Crippen molar-refractivity contribution in [3.63, 3.8) is 0 Å². The van der Waals surface area contributed by atoms with Gasteiger partial charge in [-0.3, -0.25) is 19.0 Å². The first-order valence-electron chi connectivity index (χ1n) is 9.52. The van der Waals surface area contributed by atoms with Crippen molar-refractivity contribution in [3.8, 4) is 0 Å². The van der Waals surface area contributed by atoms with E-state index in [1.165, 1.54) is 10.8 Å². The normalized spacial score (nSPS) is 12.7. The van der Waals surface area contributed by atoms with E-state index in [9.17, 15) is 14.4 Å². The number of nitrogens with zero attached hydrogens (tertiary/aromatic N) is 2. The van der Waals surface area contributed by atoms with Crippen molar-refractivity contribution in [1.82, 2.24) is 9.55 Å². The molecule has 156 valence electrons. The number of hydrogen-bond acceptors (Lipinski definition) is 7. The third-order valence-electron chi connectivity index (χ3n) is 4.59. The minimum absolute atomic E-state index is 0.0475. The van der Waals surface area contributed by atoms with Gasteiger partial charge >= 0.3 is 11.9 Å². The zero-order valence-corrected chi connectivity index (χ0v) is 17.2. The third kappa shape index (κ3) is 5.22. The maximum atomic E-state index is 12.8. The number of anilines is 1. The summed E-state index contributed by atoms with van der Waals surface area (Å²) in [5.74, 6) is -0.862. The first-order chi connectivity index (χ1) is 13.8. The molecule has 0 aliphatic rings. The zero-order chi connectivity index (χ0) is 21.4. The van der Waals surface area contributed by atoms with Gasteiger partial charge in [0, 0.05) is 18.4 Å². The maximum absolute atomic E-state index is 12.8. The number of carbonyl (C=O) groups is 2. The van der Waals surface area contributed by atoms with Gasteiger partial charge in [-0.15, -0.1) is 0 Å². The molecule has 0 spiro atoms. The Morgan fingerprint density at radius 2 is 1.79 bits per heavy atom. The lowest BCUT2D eigenvalue weighted by Gasteiger charge is -2.28. The second kappa shape index (κ2) is 9.86. The van der Waals surface area contributed by atoms with Crippen molar-refractivity contribution in [1.29, 1.82) is 0 Å². The van der Waals surface area contributed by atoms with Crippen molar-refractivity contribution in [2.45, 2.75) is 39.7 Å². The molecule has 29 heavy (non-hydrogen) atoms. The molecule has 0 unspecified atom stereocenters. The summed E-state index contributed by atoms with van der Waals surface area (Å²) < 4.78 is 11.5. The molecule has 0 fully saturated rings. The fourth-order valence-corrected chi connectivity index (χ4v) is 2.87. The van der Waals surface area contributed by atoms with Gasteiger partial charge in [-0.05, 0) is 33.3 Å². The lowest BCUT2D eigenvalue weighted by molar-refractivity contribution is -0.149. The van der Waals surface area contributed by atoms with E-state index in [1.807, 2.05) is 30.3 Å². The van der Waals surface area contributed by atoms with Gasteiger partial charge in [-0.25, -0.2) is 4.98 Å². The molecule has 1 heterocycles. The smallest absolute Gasteiger partial charge is 0.326 e. The van der Waals surface area contributed by atoms with Gasteiger partial charge < -0.3 is 14.8 Å². The van der Waals surface area contributed by atoms with E-state index in [4.69, 9.17) is 9.47 Å². The van der Waals surface area contributed by atoms with Crippen LogP contribution < -0.4 is 10.9 Å². The van der Waals surface area contributed by atoms with Gasteiger partial charge in [0.2, 0.25) is 0 Å². The minimum atomic E-state index is -1.03. The molecule has 0 radical (unpaired) electrons. The number of rotatable bonds is 9. The highest BCUT2D eigenvalue weighted by atomic mass is 16.5. The largest absolute Gasteiger partial charge is 0.465 e. The second-order valence-corrected chi connectivity index (χ2v) is 6.72. The molecule has 0 aliphatic carbocycles. The fraction of sp³-hybridized carbons (Fsp3) is 0.429. The Hall–Kier alpha value is -3.16. The van der Waals surface area contributed by atoms with E-state index < -0.39 is 22.9 Å². The summed E-state index contributed by atoms with van der Waals surface area (Å²) in [6, 6.07) is 9.20. The molecule has 8 heteroatoms. The average molecular weight is 401 g/mol. The predicted molar refractivity (Wildman–Crippen MR) is 109 cm³/mol. The highest BCUT2D eigenvalue weighted by Gasteiger charge is 2.37. The van der Waals surface area contributed by atoms with Crippen molar-refractivity contribution in [2.75, 3.05) is 25.1 Å². The number of aromatic nitrogens is 2. The number of carbonyl (C=O) groups excluding carboxylic acids is 2. The molecule has 0 saturated heterocycles. The summed E-state index contributed by atoms with van der Waals surface area (Å²) in [5, 5.41) is 2.97. The Balaban J connectivity index is 2.31. The van der Waals surface area contributed by atoms with Gasteiger partial charge in [-0.1, -0.05) is 30.3 Å². The highest BCUT2D eigenvalue weighted by Crippen LogP contribution is 2.25. The van der Waals surface area contributed by atoms with E-state index in [2.05, 4.69) is 10.3 Å². The first kappa shape index (κ1) is 22.1. The van der Waals surface area contributed by atoms with E-state index in [-0.39, 0.29) is 32.1 Å². The van der Waals surface area contributed by atoms with Crippen LogP contribution in [0, 0.1) is 6.92 Å². The molecule has 1 atom stereocenters. The highest BCUT2D eigenvalue weighted by molar-refractivity contribution is 5.83. The van der Waals surface area contributed by atoms with Crippen LogP contribution in [-0.4, -0.2) is 41.2 Å². The Morgan fingerprint density at radius 3 is 2.41 bits per heavy atom. The molecule has 1 aromatic heterocycles. The van der Waals surface area contributed by atoms with Crippen molar-refractivity contribution < 1.29 is 19.1 Å². The van der Waals surface area contributed by atoms with Gasteiger partial charge in [0.25, 0.3) is 5.56 Å². The Bertz CT molecular complexity index is 910. The molecule has 0 bridgehead atoms. The van der Waals surface area contributed by atoms with Crippen LogP contribution in [0.4, 0.5) is 5.82 Å². The standard InChI is InChI=1S/C21H27N3O5/c1-5-28-17(25)13-24-15(3)12-22-18(19(24)26)23-14-21(4,20(27)29-6-2)16-10-8-7-9-11-16/h7-12H,5-6,13-14H2,1-4H3,(H,22,23)/t21-/m1/s1. The van der Waals surface area contributed by atoms with Gasteiger partial charge in [0.05, 0.1) is 13.2 Å². The maximum Gasteiger partial charge on any atom is 0.326 e. The number of hydrogen-bond donors (Lipinski definition) is 1. The first-order valence-corrected chi connectivity index (χ1v) is 9.52. The molecule has 2 rings (SSSR count). The van der Waals surface area contributed by atoms with Crippen LogP contribution >= 0.6 is 0 Å². The predicted octanol–water partition coefficient (Wildman–Crippen LogP) is 2.05. The van der Waals surface area contributed by atoms with Crippen LogP contribution in [0.25, 0.3) is 0 Å². The summed E-state index contributed by atoms with van der Waals surface area (Å²) in [6.07, 6.45) is 1.49. The summed E-state index contributed by atoms with van der Waals surface area (Å²) in [7, 11) is 0. The Kier molecular flexibility index (Phi) is 7.52. The monoisotopic (exact) mass is 401 g/mol. The zero-order valence-electron chi connectivity index (χ0n) is 17.2. The van der Waals surface area contributed by atoms with Crippen molar-refractivity contribution in [2.24, 2.45) is 0 Å². The van der Waals surface area contributed by atoms with E-state index in [0.717, 1.165) is 5.56 Å². The third-order valence-corrected chi connectivity index (χ3v) is 4.59. The molecular weight excluding hydrogens is 374 g/mol. The lowest BCUT2D eigenvalue weighted by Crippen LogP contribution is -2.42. The molecule has 0 aliphatic heterocycles. The number of ether oxygens (including phenoxy) is 2. The number of nitrogens with one attached hydrogen (secondary N) is 1. The van der Waals surface area contributed by atoms with E-state index in [0.29, 0.717) is 5.69 Å². The van der Waals surface area contributed by atoms with Crippen LogP contribution in [0.1, 0.15) is 32.0 Å². The SMILES string of the molecule is CCOC(=O)Cn1c(C)cnc(NC[C@@](C)(C(=O)OCC)c2ccccc2)c1=O. The summed E-state index contributed by atoms with van der Waals surface area (Å²) in [6.45, 7) is 7.25.